The molecular weight excluding hydrogens is 584 g/mol. The second kappa shape index (κ2) is 10.0. The average Bonchev–Trinajstić information content (AvgIpc) is 2.96. The number of carboxylic acids is 4. The molecule has 0 amide bonds. The van der Waals surface area contributed by atoms with Crippen molar-refractivity contribution in [3.8, 4) is 11.1 Å². The van der Waals surface area contributed by atoms with Gasteiger partial charge in [-0.2, -0.15) is 0 Å². The van der Waals surface area contributed by atoms with Gasteiger partial charge in [0.05, 0.1) is 22.3 Å². The Balaban J connectivity index is 2.07. The van der Waals surface area contributed by atoms with E-state index in [0.29, 0.717) is 27.1 Å². The molecule has 232 valence electrons. The Morgan fingerprint density at radius 1 is 0.478 bits per heavy atom. The predicted octanol–water partition coefficient (Wildman–Crippen LogP) is 8.79. The van der Waals surface area contributed by atoms with Crippen LogP contribution in [0.1, 0.15) is 94.1 Å². The molecule has 6 aromatic carbocycles. The summed E-state index contributed by atoms with van der Waals surface area (Å²) in [5.41, 5.74) is -1.23. The Morgan fingerprint density at radius 2 is 1.02 bits per heavy atom. The Bertz CT molecular complexity index is 2330. The van der Waals surface area contributed by atoms with Crippen LogP contribution in [0.3, 0.4) is 0 Å². The maximum atomic E-state index is 13.4. The maximum Gasteiger partial charge on any atom is 0.337 e. The zero-order chi connectivity index (χ0) is 33.6. The Hall–Kier alpha value is -5.50. The summed E-state index contributed by atoms with van der Waals surface area (Å²) in [6.45, 7) is 12.1. The van der Waals surface area contributed by atoms with E-state index in [9.17, 15) is 39.6 Å². The van der Waals surface area contributed by atoms with Crippen LogP contribution >= 0.6 is 0 Å². The second-order valence-corrected chi connectivity index (χ2v) is 13.8. The molecule has 8 nitrogen and oxygen atoms in total. The molecule has 0 radical (unpaired) electrons. The molecule has 4 N–H and O–H groups in total. The molecule has 0 unspecified atom stereocenters. The van der Waals surface area contributed by atoms with Crippen LogP contribution in [0, 0.1) is 0 Å². The van der Waals surface area contributed by atoms with Crippen molar-refractivity contribution in [2.45, 2.75) is 52.4 Å². The fourth-order valence-corrected chi connectivity index (χ4v) is 6.91. The van der Waals surface area contributed by atoms with Crippen molar-refractivity contribution in [3.63, 3.8) is 0 Å². The molecular formula is C38H32O8. The third-order valence-electron chi connectivity index (χ3n) is 8.88. The Labute approximate surface area is 263 Å². The Kier molecular flexibility index (Phi) is 6.64. The molecule has 8 heteroatoms. The van der Waals surface area contributed by atoms with Crippen LogP contribution in [0.2, 0.25) is 0 Å². The highest BCUT2D eigenvalue weighted by Crippen LogP contribution is 2.49. The van der Waals surface area contributed by atoms with E-state index in [1.165, 1.54) is 0 Å². The number of benzene rings is 6. The van der Waals surface area contributed by atoms with E-state index >= 15 is 0 Å². The molecule has 0 aromatic heterocycles. The monoisotopic (exact) mass is 616 g/mol. The molecule has 0 fully saturated rings. The molecule has 0 aliphatic heterocycles. The van der Waals surface area contributed by atoms with Gasteiger partial charge in [-0.25, -0.2) is 19.2 Å². The molecule has 6 rings (SSSR count). The molecule has 0 saturated heterocycles. The maximum absolute atomic E-state index is 13.4. The van der Waals surface area contributed by atoms with Gasteiger partial charge in [0.1, 0.15) is 0 Å². The van der Waals surface area contributed by atoms with Crippen molar-refractivity contribution in [1.82, 2.24) is 0 Å². The van der Waals surface area contributed by atoms with Crippen molar-refractivity contribution in [1.29, 1.82) is 0 Å². The van der Waals surface area contributed by atoms with Gasteiger partial charge in [0, 0.05) is 16.2 Å². The lowest BCUT2D eigenvalue weighted by atomic mass is 9.75. The molecule has 6 aromatic rings. The van der Waals surface area contributed by atoms with Crippen LogP contribution in [0.5, 0.6) is 0 Å². The molecule has 0 aliphatic rings. The summed E-state index contributed by atoms with van der Waals surface area (Å²) >= 11 is 0. The summed E-state index contributed by atoms with van der Waals surface area (Å²) in [4.78, 5) is 52.3. The topological polar surface area (TPSA) is 149 Å². The molecule has 46 heavy (non-hydrogen) atoms. The van der Waals surface area contributed by atoms with Gasteiger partial charge in [0.25, 0.3) is 0 Å². The normalized spacial score (nSPS) is 12.4. The number of carboxylic acid groups (broad SMARTS) is 4. The van der Waals surface area contributed by atoms with Gasteiger partial charge in [0.2, 0.25) is 0 Å². The zero-order valence-electron chi connectivity index (χ0n) is 26.2. The van der Waals surface area contributed by atoms with Crippen molar-refractivity contribution >= 4 is 67.0 Å². The minimum atomic E-state index is -1.78. The highest BCUT2D eigenvalue weighted by molar-refractivity contribution is 6.41. The van der Waals surface area contributed by atoms with Crippen molar-refractivity contribution < 1.29 is 39.6 Å². The smallest absolute Gasteiger partial charge is 0.337 e. The summed E-state index contributed by atoms with van der Waals surface area (Å²) in [5, 5.41) is 45.1. The lowest BCUT2D eigenvalue weighted by molar-refractivity contribution is 0.0635. The number of fused-ring (bicyclic) bond motifs is 2. The SMILES string of the molecule is CC(C)(C)c1ccc(C(C)(C)C)c(-c2cc3c4cccc5cccc(c6c(C(=O)O)c(C(=O)O)c(C(=O)O)c(c2C(=O)O)c36)c54)c1. The van der Waals surface area contributed by atoms with Crippen molar-refractivity contribution in [3.05, 3.63) is 94.0 Å². The van der Waals surface area contributed by atoms with Crippen LogP contribution in [-0.4, -0.2) is 44.3 Å². The van der Waals surface area contributed by atoms with Crippen LogP contribution in [0.4, 0.5) is 0 Å². The summed E-state index contributed by atoms with van der Waals surface area (Å²) in [7, 11) is 0. The largest absolute Gasteiger partial charge is 0.478 e. The molecule has 0 heterocycles. The number of rotatable bonds is 5. The van der Waals surface area contributed by atoms with Gasteiger partial charge in [0.15, 0.2) is 0 Å². The van der Waals surface area contributed by atoms with E-state index in [1.807, 2.05) is 84.0 Å². The Morgan fingerprint density at radius 3 is 1.54 bits per heavy atom. The van der Waals surface area contributed by atoms with Crippen LogP contribution in [0.15, 0.2) is 60.7 Å². The van der Waals surface area contributed by atoms with Crippen molar-refractivity contribution in [2.24, 2.45) is 0 Å². The van der Waals surface area contributed by atoms with Crippen LogP contribution < -0.4 is 0 Å². The first-order chi connectivity index (χ1) is 21.4. The van der Waals surface area contributed by atoms with E-state index in [1.54, 1.807) is 18.2 Å². The van der Waals surface area contributed by atoms with Gasteiger partial charge < -0.3 is 20.4 Å². The summed E-state index contributed by atoms with van der Waals surface area (Å²) < 4.78 is 0. The highest BCUT2D eigenvalue weighted by Gasteiger charge is 2.36. The molecule has 0 spiro atoms. The fourth-order valence-electron chi connectivity index (χ4n) is 6.91. The van der Waals surface area contributed by atoms with E-state index < -0.39 is 51.5 Å². The van der Waals surface area contributed by atoms with Crippen LogP contribution in [0.25, 0.3) is 54.2 Å². The summed E-state index contributed by atoms with van der Waals surface area (Å²) in [6.07, 6.45) is 0. The summed E-state index contributed by atoms with van der Waals surface area (Å²) in [6, 6.07) is 18.3. The zero-order valence-corrected chi connectivity index (χ0v) is 26.2. The fraction of sp³-hybridized carbons (Fsp3) is 0.211. The first-order valence-corrected chi connectivity index (χ1v) is 14.8. The molecule has 0 atom stereocenters. The van der Waals surface area contributed by atoms with E-state index in [0.717, 1.165) is 16.5 Å². The lowest BCUT2D eigenvalue weighted by Crippen LogP contribution is -2.19. The number of aromatic carboxylic acids is 4. The average molecular weight is 617 g/mol. The lowest BCUT2D eigenvalue weighted by Gasteiger charge is -2.28. The van der Waals surface area contributed by atoms with E-state index in [2.05, 4.69) is 0 Å². The number of hydrogen-bond donors (Lipinski definition) is 4. The van der Waals surface area contributed by atoms with E-state index in [4.69, 9.17) is 0 Å². The predicted molar refractivity (Wildman–Crippen MR) is 178 cm³/mol. The minimum Gasteiger partial charge on any atom is -0.478 e. The second-order valence-electron chi connectivity index (χ2n) is 13.8. The number of hydrogen-bond acceptors (Lipinski definition) is 4. The molecule has 0 bridgehead atoms. The number of carbonyl (C=O) groups is 4. The van der Waals surface area contributed by atoms with Gasteiger partial charge in [-0.1, -0.05) is 96.1 Å². The van der Waals surface area contributed by atoms with Gasteiger partial charge in [-0.3, -0.25) is 0 Å². The third kappa shape index (κ3) is 4.35. The third-order valence-corrected chi connectivity index (χ3v) is 8.88. The highest BCUT2D eigenvalue weighted by atomic mass is 16.4. The quantitative estimate of drug-likeness (QED) is 0.111. The van der Waals surface area contributed by atoms with Gasteiger partial charge in [-0.15, -0.1) is 0 Å². The molecule has 0 saturated carbocycles. The van der Waals surface area contributed by atoms with Gasteiger partial charge >= 0.3 is 23.9 Å². The van der Waals surface area contributed by atoms with Crippen molar-refractivity contribution in [2.75, 3.05) is 0 Å². The van der Waals surface area contributed by atoms with Crippen LogP contribution in [-0.2, 0) is 10.8 Å². The minimum absolute atomic E-state index is 0.0160. The standard InChI is InChI=1S/C38H32O8/c1-37(2,3)18-13-14-24(38(4,5)6)21(15-18)23-16-22-19-11-7-9-17-10-8-12-20(25(17)19)26-27(22)29(28(23)33(39)40)31(35(43)44)32(36(45)46)30(26)34(41)42/h7-16H,1-6H3,(H,39,40)(H,41,42)(H,43,44)(H,45,46). The molecule has 0 aliphatic carbocycles. The summed E-state index contributed by atoms with van der Waals surface area (Å²) in [5.74, 6) is -6.62. The van der Waals surface area contributed by atoms with E-state index in [-0.39, 0.29) is 27.1 Å². The first-order valence-electron chi connectivity index (χ1n) is 14.8. The first kappa shape index (κ1) is 30.5. The van der Waals surface area contributed by atoms with Gasteiger partial charge in [-0.05, 0) is 66.1 Å².